The molecule has 0 aliphatic carbocycles. The van der Waals surface area contributed by atoms with E-state index in [-0.39, 0.29) is 5.91 Å². The molecule has 2 rings (SSSR count). The Kier molecular flexibility index (Phi) is 6.47. The zero-order chi connectivity index (χ0) is 13.5. The Balaban J connectivity index is 1.63. The third-order valence-corrected chi connectivity index (χ3v) is 5.38. The largest absolute Gasteiger partial charge is 0.381 e. The predicted octanol–water partition coefficient (Wildman–Crippen LogP) is 1.36. The first-order valence-corrected chi connectivity index (χ1v) is 8.44. The highest BCUT2D eigenvalue weighted by Crippen LogP contribution is 2.21. The van der Waals surface area contributed by atoms with Crippen LogP contribution in [0.25, 0.3) is 0 Å². The minimum absolute atomic E-state index is 0.287. The highest BCUT2D eigenvalue weighted by molar-refractivity contribution is 8.00. The molecule has 0 aromatic rings. The molecule has 0 radical (unpaired) electrons. The van der Waals surface area contributed by atoms with Crippen molar-refractivity contribution in [3.63, 3.8) is 0 Å². The van der Waals surface area contributed by atoms with Crippen molar-refractivity contribution in [2.45, 2.75) is 30.9 Å². The maximum Gasteiger partial charge on any atom is 0.232 e. The van der Waals surface area contributed by atoms with E-state index in [1.807, 2.05) is 23.7 Å². The Bertz CT molecular complexity index is 277. The number of hydrogen-bond donors (Lipinski definition) is 1. The van der Waals surface area contributed by atoms with Crippen LogP contribution in [0.4, 0.5) is 0 Å². The molecule has 0 bridgehead atoms. The van der Waals surface area contributed by atoms with Crippen LogP contribution in [0.1, 0.15) is 25.7 Å². The van der Waals surface area contributed by atoms with E-state index < -0.39 is 0 Å². The molecule has 0 saturated carbocycles. The summed E-state index contributed by atoms with van der Waals surface area (Å²) in [6.45, 7) is 4.82. The number of rotatable bonds is 5. The lowest BCUT2D eigenvalue weighted by Crippen LogP contribution is -2.36. The molecule has 0 unspecified atom stereocenters. The average Bonchev–Trinajstić information content (AvgIpc) is 2.47. The Morgan fingerprint density at radius 3 is 2.63 bits per heavy atom. The van der Waals surface area contributed by atoms with Gasteiger partial charge in [0.25, 0.3) is 0 Å². The second-order valence-electron chi connectivity index (χ2n) is 5.59. The van der Waals surface area contributed by atoms with Crippen molar-refractivity contribution in [2.75, 3.05) is 45.6 Å². The van der Waals surface area contributed by atoms with Crippen molar-refractivity contribution in [2.24, 2.45) is 5.92 Å². The summed E-state index contributed by atoms with van der Waals surface area (Å²) < 4.78 is 5.36. The normalized spacial score (nSPS) is 22.4. The summed E-state index contributed by atoms with van der Waals surface area (Å²) in [6, 6.07) is 0. The summed E-state index contributed by atoms with van der Waals surface area (Å²) in [7, 11) is 1.95. The fraction of sp³-hybridized carbons (Fsp3) is 0.929. The van der Waals surface area contributed by atoms with Gasteiger partial charge in [0, 0.05) is 32.1 Å². The topological polar surface area (TPSA) is 41.6 Å². The van der Waals surface area contributed by atoms with Gasteiger partial charge < -0.3 is 15.0 Å². The van der Waals surface area contributed by atoms with Crippen LogP contribution in [-0.2, 0) is 9.53 Å². The molecule has 1 amide bonds. The SMILES string of the molecule is CN(CC1CCOCC1)C(=O)CSC1CCNCC1. The van der Waals surface area contributed by atoms with Crippen molar-refractivity contribution >= 4 is 17.7 Å². The quantitative estimate of drug-likeness (QED) is 0.828. The molecule has 2 heterocycles. The molecular weight excluding hydrogens is 260 g/mol. The van der Waals surface area contributed by atoms with Gasteiger partial charge in [0.05, 0.1) is 5.75 Å². The summed E-state index contributed by atoms with van der Waals surface area (Å²) in [5.41, 5.74) is 0. The van der Waals surface area contributed by atoms with E-state index in [9.17, 15) is 4.79 Å². The number of amides is 1. The van der Waals surface area contributed by atoms with Gasteiger partial charge >= 0.3 is 0 Å². The maximum atomic E-state index is 12.1. The molecule has 0 aromatic heterocycles. The van der Waals surface area contributed by atoms with E-state index in [1.54, 1.807) is 0 Å². The van der Waals surface area contributed by atoms with E-state index in [1.165, 1.54) is 12.8 Å². The molecule has 5 heteroatoms. The Morgan fingerprint density at radius 1 is 1.26 bits per heavy atom. The third-order valence-electron chi connectivity index (χ3n) is 4.03. The van der Waals surface area contributed by atoms with Crippen LogP contribution in [0, 0.1) is 5.92 Å². The van der Waals surface area contributed by atoms with Crippen LogP contribution < -0.4 is 5.32 Å². The van der Waals surface area contributed by atoms with Crippen LogP contribution in [0.5, 0.6) is 0 Å². The van der Waals surface area contributed by atoms with Crippen LogP contribution in [0.3, 0.4) is 0 Å². The molecular formula is C14H26N2O2S. The van der Waals surface area contributed by atoms with Crippen molar-refractivity contribution in [1.82, 2.24) is 10.2 Å². The molecule has 1 N–H and O–H groups in total. The molecule has 2 aliphatic rings. The number of hydrogen-bond acceptors (Lipinski definition) is 4. The van der Waals surface area contributed by atoms with Crippen LogP contribution >= 0.6 is 11.8 Å². The molecule has 2 aliphatic heterocycles. The highest BCUT2D eigenvalue weighted by atomic mass is 32.2. The summed E-state index contributed by atoms with van der Waals surface area (Å²) in [6.07, 6.45) is 4.58. The summed E-state index contributed by atoms with van der Waals surface area (Å²) in [5.74, 6) is 1.56. The second-order valence-corrected chi connectivity index (χ2v) is 6.88. The zero-order valence-electron chi connectivity index (χ0n) is 11.9. The summed E-state index contributed by atoms with van der Waals surface area (Å²) in [5, 5.41) is 4.03. The molecule has 19 heavy (non-hydrogen) atoms. The smallest absolute Gasteiger partial charge is 0.232 e. The number of carbonyl (C=O) groups is 1. The van der Waals surface area contributed by atoms with E-state index in [4.69, 9.17) is 4.74 Å². The fourth-order valence-corrected chi connectivity index (χ4v) is 3.85. The zero-order valence-corrected chi connectivity index (χ0v) is 12.7. The molecule has 2 saturated heterocycles. The maximum absolute atomic E-state index is 12.1. The predicted molar refractivity (Wildman–Crippen MR) is 79.5 cm³/mol. The molecule has 0 aromatic carbocycles. The van der Waals surface area contributed by atoms with Crippen molar-refractivity contribution < 1.29 is 9.53 Å². The van der Waals surface area contributed by atoms with Gasteiger partial charge in [0.2, 0.25) is 5.91 Å². The first kappa shape index (κ1) is 15.1. The van der Waals surface area contributed by atoms with Gasteiger partial charge in [-0.05, 0) is 44.7 Å². The van der Waals surface area contributed by atoms with Gasteiger partial charge in [0.1, 0.15) is 0 Å². The van der Waals surface area contributed by atoms with Crippen molar-refractivity contribution in [3.05, 3.63) is 0 Å². The van der Waals surface area contributed by atoms with Gasteiger partial charge in [-0.1, -0.05) is 0 Å². The molecule has 2 fully saturated rings. The lowest BCUT2D eigenvalue weighted by molar-refractivity contribution is -0.128. The number of nitrogens with zero attached hydrogens (tertiary/aromatic N) is 1. The molecule has 110 valence electrons. The average molecular weight is 286 g/mol. The standard InChI is InChI=1S/C14H26N2O2S/c1-16(10-12-4-8-18-9-5-12)14(17)11-19-13-2-6-15-7-3-13/h12-13,15H,2-11H2,1H3. The number of piperidine rings is 1. The number of nitrogens with one attached hydrogen (secondary N) is 1. The minimum Gasteiger partial charge on any atom is -0.381 e. The minimum atomic E-state index is 0.287. The number of ether oxygens (including phenoxy) is 1. The molecule has 4 nitrogen and oxygen atoms in total. The first-order valence-electron chi connectivity index (χ1n) is 7.39. The fourth-order valence-electron chi connectivity index (χ4n) is 2.68. The lowest BCUT2D eigenvalue weighted by atomic mass is 10.00. The van der Waals surface area contributed by atoms with Crippen LogP contribution in [0.15, 0.2) is 0 Å². The highest BCUT2D eigenvalue weighted by Gasteiger charge is 2.20. The van der Waals surface area contributed by atoms with Gasteiger partial charge in [-0.15, -0.1) is 11.8 Å². The lowest BCUT2D eigenvalue weighted by Gasteiger charge is -2.28. The Morgan fingerprint density at radius 2 is 1.95 bits per heavy atom. The van der Waals surface area contributed by atoms with Gasteiger partial charge in [-0.3, -0.25) is 4.79 Å². The Labute approximate surface area is 120 Å². The van der Waals surface area contributed by atoms with E-state index >= 15 is 0 Å². The van der Waals surface area contributed by atoms with E-state index in [2.05, 4.69) is 5.32 Å². The third kappa shape index (κ3) is 5.32. The van der Waals surface area contributed by atoms with Gasteiger partial charge in [-0.2, -0.15) is 0 Å². The van der Waals surface area contributed by atoms with Crippen molar-refractivity contribution in [3.8, 4) is 0 Å². The van der Waals surface area contributed by atoms with Gasteiger partial charge in [0.15, 0.2) is 0 Å². The summed E-state index contributed by atoms with van der Waals surface area (Å²) >= 11 is 1.84. The first-order chi connectivity index (χ1) is 9.25. The monoisotopic (exact) mass is 286 g/mol. The summed E-state index contributed by atoms with van der Waals surface area (Å²) in [4.78, 5) is 14.0. The molecule has 0 atom stereocenters. The van der Waals surface area contributed by atoms with Gasteiger partial charge in [-0.25, -0.2) is 0 Å². The second kappa shape index (κ2) is 8.12. The van der Waals surface area contributed by atoms with E-state index in [0.717, 1.165) is 45.7 Å². The number of carbonyl (C=O) groups excluding carboxylic acids is 1. The Hall–Kier alpha value is -0.260. The van der Waals surface area contributed by atoms with Crippen LogP contribution in [-0.4, -0.2) is 61.7 Å². The number of thioether (sulfide) groups is 1. The van der Waals surface area contributed by atoms with E-state index in [0.29, 0.717) is 16.9 Å². The van der Waals surface area contributed by atoms with Crippen molar-refractivity contribution in [1.29, 1.82) is 0 Å². The van der Waals surface area contributed by atoms with Crippen LogP contribution in [0.2, 0.25) is 0 Å². The molecule has 0 spiro atoms.